The molecule has 0 saturated carbocycles. The van der Waals surface area contributed by atoms with E-state index in [9.17, 15) is 0 Å². The Labute approximate surface area is 477 Å². The summed E-state index contributed by atoms with van der Waals surface area (Å²) in [7, 11) is 0. The number of benzene rings is 13. The summed E-state index contributed by atoms with van der Waals surface area (Å²) in [4.78, 5) is 12.1. The average Bonchev–Trinajstić information content (AvgIpc) is 1.56. The molecule has 2 unspecified atom stereocenters. The molecule has 3 nitrogen and oxygen atoms in total. The van der Waals surface area contributed by atoms with Crippen molar-refractivity contribution in [2.24, 2.45) is 0 Å². The number of H-pyrrole nitrogens is 3. The Morgan fingerprint density at radius 3 is 1.13 bits per heavy atom. The predicted octanol–water partition coefficient (Wildman–Crippen LogP) is 20.3. The lowest BCUT2D eigenvalue weighted by Gasteiger charge is -2.31. The van der Waals surface area contributed by atoms with Crippen molar-refractivity contribution in [1.82, 2.24) is 15.0 Å². The van der Waals surface area contributed by atoms with Crippen molar-refractivity contribution in [3.8, 4) is 77.9 Å². The molecule has 4 aliphatic rings. The van der Waals surface area contributed by atoms with E-state index in [4.69, 9.17) is 0 Å². The highest BCUT2D eigenvalue weighted by atomic mass is 14.7. The van der Waals surface area contributed by atoms with Crippen molar-refractivity contribution in [2.75, 3.05) is 0 Å². The van der Waals surface area contributed by atoms with Crippen molar-refractivity contribution in [3.05, 3.63) is 311 Å². The number of nitrogens with one attached hydrogen (secondary N) is 3. The summed E-state index contributed by atoms with van der Waals surface area (Å²) in [6, 6.07) is 101. The highest BCUT2D eigenvalue weighted by Crippen LogP contribution is 2.68. The molecule has 3 heterocycles. The second kappa shape index (κ2) is 15.6. The van der Waals surface area contributed by atoms with Crippen LogP contribution in [0.2, 0.25) is 0 Å². The molecule has 2 atom stereocenters. The van der Waals surface area contributed by atoms with Gasteiger partial charge in [-0.15, -0.1) is 0 Å². The van der Waals surface area contributed by atoms with E-state index in [0.717, 1.165) is 11.0 Å². The summed E-state index contributed by atoms with van der Waals surface area (Å²) in [6.45, 7) is 0. The van der Waals surface area contributed by atoms with Crippen molar-refractivity contribution in [3.63, 3.8) is 0 Å². The molecule has 20 rings (SSSR count). The van der Waals surface area contributed by atoms with E-state index in [2.05, 4.69) is 282 Å². The monoisotopic (exact) mass is 1050 g/mol. The van der Waals surface area contributed by atoms with Crippen molar-refractivity contribution in [1.29, 1.82) is 0 Å². The van der Waals surface area contributed by atoms with Crippen LogP contribution in [-0.4, -0.2) is 15.0 Å². The van der Waals surface area contributed by atoms with Gasteiger partial charge in [0.2, 0.25) is 0 Å². The van der Waals surface area contributed by atoms with Gasteiger partial charge in [-0.1, -0.05) is 231 Å². The molecule has 0 fully saturated rings. The van der Waals surface area contributed by atoms with Crippen LogP contribution in [0, 0.1) is 0 Å². The third-order valence-corrected chi connectivity index (χ3v) is 19.9. The second-order valence-electron chi connectivity index (χ2n) is 23.5. The topological polar surface area (TPSA) is 47.4 Å². The van der Waals surface area contributed by atoms with Crippen LogP contribution in [-0.2, 0) is 10.8 Å². The largest absolute Gasteiger partial charge is 0.354 e. The predicted molar refractivity (Wildman–Crippen MR) is 343 cm³/mol. The standard InChI is InChI=1S/C80H47N3/c1-3-17-45(18-4-1)47-31-34-59-67(42-47)80(63-28-14-9-25-58(63)75-66(80)40-36-54-51-22-11-16-30-70(51)82-77(54)75)68-43-49(46-19-5-2-6-20-46)41-60(72(59)68)48-32-33-52-55-37-39-65-74(78(55)83-71(52)44-48)57-24-8-13-27-62(57)79(65)61-26-12-7-23-56(61)73-64(79)38-35-53-50-21-10-15-29-69(50)81-76(53)73/h1-44,81-83H. The van der Waals surface area contributed by atoms with E-state index in [1.54, 1.807) is 0 Å². The second-order valence-corrected chi connectivity index (χ2v) is 23.5. The van der Waals surface area contributed by atoms with E-state index in [1.807, 2.05) is 0 Å². The SMILES string of the molecule is c1ccc(-c2ccc3c(c2)C2(c4ccccc4-c4c2ccc2c4[nH]c4ccccc42)c2cc(-c4ccccc4)cc(-c4ccc5c(c4)[nH]c4c6c(ccc45)C4(c5ccccc5-c5c4ccc4c5[nH]c5ccccc54)c4ccccc4-6)c2-3)cc1. The van der Waals surface area contributed by atoms with Crippen molar-refractivity contribution >= 4 is 65.4 Å². The number of rotatable bonds is 3. The third kappa shape index (κ3) is 5.33. The molecule has 382 valence electrons. The Balaban J connectivity index is 0.851. The maximum absolute atomic E-state index is 4.18. The number of hydrogen-bond donors (Lipinski definition) is 3. The minimum Gasteiger partial charge on any atom is -0.354 e. The fraction of sp³-hybridized carbons (Fsp3) is 0.0250. The summed E-state index contributed by atoms with van der Waals surface area (Å²) in [5.74, 6) is 0. The molecular formula is C80H47N3. The number of hydrogen-bond acceptors (Lipinski definition) is 0. The van der Waals surface area contributed by atoms with Crippen LogP contribution >= 0.6 is 0 Å². The van der Waals surface area contributed by atoms with Gasteiger partial charge in [0.15, 0.2) is 0 Å². The van der Waals surface area contributed by atoms with Crippen molar-refractivity contribution in [2.45, 2.75) is 10.8 Å². The van der Waals surface area contributed by atoms with Gasteiger partial charge in [-0.25, -0.2) is 0 Å². The molecule has 0 aliphatic heterocycles. The van der Waals surface area contributed by atoms with E-state index in [1.165, 1.54) is 177 Å². The highest BCUT2D eigenvalue weighted by Gasteiger charge is 2.55. The molecule has 0 radical (unpaired) electrons. The fourth-order valence-corrected chi connectivity index (χ4v) is 16.7. The van der Waals surface area contributed by atoms with Crippen LogP contribution in [0.3, 0.4) is 0 Å². The third-order valence-electron chi connectivity index (χ3n) is 19.9. The molecule has 0 amide bonds. The lowest BCUT2D eigenvalue weighted by molar-refractivity contribution is 0.795. The van der Waals surface area contributed by atoms with Gasteiger partial charge in [0.1, 0.15) is 0 Å². The minimum atomic E-state index is -0.626. The maximum atomic E-state index is 4.18. The first-order valence-corrected chi connectivity index (χ1v) is 29.1. The molecule has 3 aromatic heterocycles. The molecule has 2 spiro atoms. The van der Waals surface area contributed by atoms with Gasteiger partial charge in [-0.2, -0.15) is 0 Å². The molecule has 4 aliphatic carbocycles. The highest BCUT2D eigenvalue weighted by molar-refractivity contribution is 6.20. The van der Waals surface area contributed by atoms with Crippen LogP contribution in [0.15, 0.2) is 267 Å². The van der Waals surface area contributed by atoms with Gasteiger partial charge in [-0.3, -0.25) is 0 Å². The lowest BCUT2D eigenvalue weighted by Crippen LogP contribution is -2.26. The molecular weight excluding hydrogens is 1000 g/mol. The Hall–Kier alpha value is -10.7. The van der Waals surface area contributed by atoms with Crippen LogP contribution in [0.5, 0.6) is 0 Å². The van der Waals surface area contributed by atoms with Gasteiger partial charge >= 0.3 is 0 Å². The molecule has 16 aromatic rings. The molecule has 13 aromatic carbocycles. The number of para-hydroxylation sites is 2. The zero-order valence-corrected chi connectivity index (χ0v) is 44.9. The van der Waals surface area contributed by atoms with Crippen LogP contribution in [0.4, 0.5) is 0 Å². The van der Waals surface area contributed by atoms with Gasteiger partial charge in [-0.05, 0) is 142 Å². The normalized spacial score (nSPS) is 16.5. The van der Waals surface area contributed by atoms with Crippen LogP contribution in [0.1, 0.15) is 44.5 Å². The van der Waals surface area contributed by atoms with Crippen LogP contribution in [0.25, 0.3) is 143 Å². The quantitative estimate of drug-likeness (QED) is 0.158. The van der Waals surface area contributed by atoms with E-state index >= 15 is 0 Å². The molecule has 0 saturated heterocycles. The van der Waals surface area contributed by atoms with Gasteiger partial charge in [0.25, 0.3) is 0 Å². The molecule has 3 N–H and O–H groups in total. The average molecular weight is 1050 g/mol. The summed E-state index contributed by atoms with van der Waals surface area (Å²) < 4.78 is 0. The fourth-order valence-electron chi connectivity index (χ4n) is 16.7. The number of fused-ring (bicyclic) bond motifs is 32. The Morgan fingerprint density at radius 2 is 0.590 bits per heavy atom. The van der Waals surface area contributed by atoms with Gasteiger partial charge in [0.05, 0.1) is 27.4 Å². The molecule has 0 bridgehead atoms. The first-order valence-electron chi connectivity index (χ1n) is 29.1. The molecule has 3 heteroatoms. The minimum absolute atomic E-state index is 0.500. The summed E-state index contributed by atoms with van der Waals surface area (Å²) in [6.07, 6.45) is 0. The van der Waals surface area contributed by atoms with Gasteiger partial charge < -0.3 is 15.0 Å². The zero-order valence-electron chi connectivity index (χ0n) is 44.9. The summed E-state index contributed by atoms with van der Waals surface area (Å²) in [5.41, 5.74) is 34.0. The number of aromatic nitrogens is 3. The molecule has 83 heavy (non-hydrogen) atoms. The summed E-state index contributed by atoms with van der Waals surface area (Å²) in [5, 5.41) is 7.48. The first-order chi connectivity index (χ1) is 41.2. The number of aromatic amines is 3. The maximum Gasteiger partial charge on any atom is 0.0727 e. The smallest absolute Gasteiger partial charge is 0.0727 e. The van der Waals surface area contributed by atoms with E-state index in [0.29, 0.717) is 0 Å². The Morgan fingerprint density at radius 1 is 0.193 bits per heavy atom. The van der Waals surface area contributed by atoms with E-state index < -0.39 is 10.8 Å². The Kier molecular flexibility index (Phi) is 8.27. The van der Waals surface area contributed by atoms with Crippen molar-refractivity contribution < 1.29 is 0 Å². The van der Waals surface area contributed by atoms with E-state index in [-0.39, 0.29) is 0 Å². The van der Waals surface area contributed by atoms with Gasteiger partial charge in [0, 0.05) is 65.6 Å². The Bertz CT molecular complexity index is 5580. The van der Waals surface area contributed by atoms with Crippen LogP contribution < -0.4 is 0 Å². The first kappa shape index (κ1) is 44.1. The summed E-state index contributed by atoms with van der Waals surface area (Å²) >= 11 is 0. The zero-order chi connectivity index (χ0) is 53.9. The lowest BCUT2D eigenvalue weighted by atomic mass is 9.69.